The van der Waals surface area contributed by atoms with Crippen molar-refractivity contribution in [2.45, 2.75) is 44.4 Å². The van der Waals surface area contributed by atoms with E-state index in [4.69, 9.17) is 5.11 Å². The van der Waals surface area contributed by atoms with E-state index in [1.807, 2.05) is 0 Å². The maximum absolute atomic E-state index is 11.9. The summed E-state index contributed by atoms with van der Waals surface area (Å²) in [6.45, 7) is 4.66. The topological polar surface area (TPSA) is 74.7 Å². The van der Waals surface area contributed by atoms with Gasteiger partial charge in [0.2, 0.25) is 10.0 Å². The smallest absolute Gasteiger partial charge is 0.318 e. The molecule has 0 atom stereocenters. The van der Waals surface area contributed by atoms with E-state index in [1.54, 1.807) is 20.8 Å². The molecule has 1 fully saturated rings. The van der Waals surface area contributed by atoms with E-state index in [-0.39, 0.29) is 5.25 Å². The molecule has 5 nitrogen and oxygen atoms in total. The summed E-state index contributed by atoms with van der Waals surface area (Å²) in [5.74, 6) is -1.12. The fourth-order valence-corrected chi connectivity index (χ4v) is 3.52. The molecular weight excluding hydrogens is 218 g/mol. The number of carboxylic acid groups (broad SMARTS) is 1. The minimum absolute atomic E-state index is 0.365. The number of sulfonamides is 1. The largest absolute Gasteiger partial charge is 0.480 e. The van der Waals surface area contributed by atoms with E-state index in [9.17, 15) is 13.2 Å². The summed E-state index contributed by atoms with van der Waals surface area (Å²) in [4.78, 5) is 10.6. The molecule has 0 aromatic carbocycles. The lowest BCUT2D eigenvalue weighted by Gasteiger charge is -2.33. The summed E-state index contributed by atoms with van der Waals surface area (Å²) in [5, 5.41) is 8.34. The quantitative estimate of drug-likeness (QED) is 0.777. The van der Waals surface area contributed by atoms with Gasteiger partial charge >= 0.3 is 5.97 Å². The van der Waals surface area contributed by atoms with Gasteiger partial charge in [0, 0.05) is 5.54 Å². The van der Waals surface area contributed by atoms with Crippen LogP contribution in [0.25, 0.3) is 0 Å². The molecular formula is C9H17NO4S. The monoisotopic (exact) mass is 235 g/mol. The number of aliphatic carboxylic acids is 1. The Morgan fingerprint density at radius 1 is 1.40 bits per heavy atom. The molecule has 0 saturated heterocycles. The average Bonchev–Trinajstić information content (AvgIpc) is 2.78. The van der Waals surface area contributed by atoms with E-state index in [0.29, 0.717) is 12.8 Å². The minimum Gasteiger partial charge on any atom is -0.480 e. The molecule has 0 unspecified atom stereocenters. The van der Waals surface area contributed by atoms with Crippen molar-refractivity contribution in [2.75, 3.05) is 6.54 Å². The molecule has 0 aromatic rings. The van der Waals surface area contributed by atoms with Gasteiger partial charge in [-0.1, -0.05) is 0 Å². The van der Waals surface area contributed by atoms with Gasteiger partial charge in [-0.25, -0.2) is 8.42 Å². The van der Waals surface area contributed by atoms with E-state index in [2.05, 4.69) is 0 Å². The van der Waals surface area contributed by atoms with Gasteiger partial charge in [0.1, 0.15) is 6.54 Å². The molecule has 0 amide bonds. The first-order valence-corrected chi connectivity index (χ1v) is 6.39. The van der Waals surface area contributed by atoms with Crippen LogP contribution in [0.3, 0.4) is 0 Å². The van der Waals surface area contributed by atoms with Crippen molar-refractivity contribution in [1.82, 2.24) is 4.31 Å². The molecule has 1 aliphatic carbocycles. The third-order valence-electron chi connectivity index (χ3n) is 2.28. The standard InChI is InChI=1S/C9H17NO4S/c1-9(2,3)10(6-8(11)12)15(13,14)7-4-5-7/h7H,4-6H2,1-3H3,(H,11,12). The molecule has 6 heteroatoms. The second-order valence-corrected chi connectivity index (χ2v) is 6.95. The highest BCUT2D eigenvalue weighted by molar-refractivity contribution is 7.90. The zero-order chi connectivity index (χ0) is 11.9. The molecule has 1 rings (SSSR count). The summed E-state index contributed by atoms with van der Waals surface area (Å²) < 4.78 is 25.0. The van der Waals surface area contributed by atoms with E-state index in [1.165, 1.54) is 0 Å². The molecule has 88 valence electrons. The van der Waals surface area contributed by atoms with Crippen LogP contribution >= 0.6 is 0 Å². The van der Waals surface area contributed by atoms with Crippen molar-refractivity contribution in [3.8, 4) is 0 Å². The Morgan fingerprint density at radius 2 is 1.87 bits per heavy atom. The molecule has 0 spiro atoms. The maximum atomic E-state index is 11.9. The first kappa shape index (κ1) is 12.4. The first-order chi connectivity index (χ1) is 6.65. The highest BCUT2D eigenvalue weighted by atomic mass is 32.2. The van der Waals surface area contributed by atoms with Gasteiger partial charge in [-0.3, -0.25) is 4.79 Å². The van der Waals surface area contributed by atoms with Crippen LogP contribution in [0.15, 0.2) is 0 Å². The molecule has 1 aliphatic rings. The Morgan fingerprint density at radius 3 is 2.13 bits per heavy atom. The van der Waals surface area contributed by atoms with Crippen molar-refractivity contribution in [3.05, 3.63) is 0 Å². The number of rotatable bonds is 4. The Kier molecular flexibility index (Phi) is 3.11. The van der Waals surface area contributed by atoms with Crippen molar-refractivity contribution < 1.29 is 18.3 Å². The average molecular weight is 235 g/mol. The summed E-state index contributed by atoms with van der Waals surface area (Å²) in [6, 6.07) is 0. The van der Waals surface area contributed by atoms with Gasteiger partial charge in [-0.05, 0) is 33.6 Å². The van der Waals surface area contributed by atoms with Crippen LogP contribution in [0.2, 0.25) is 0 Å². The number of hydrogen-bond donors (Lipinski definition) is 1. The van der Waals surface area contributed by atoms with Crippen LogP contribution in [-0.4, -0.2) is 41.1 Å². The number of carboxylic acids is 1. The lowest BCUT2D eigenvalue weighted by molar-refractivity contribution is -0.138. The summed E-state index contributed by atoms with van der Waals surface area (Å²) in [6.07, 6.45) is 1.29. The molecule has 0 radical (unpaired) electrons. The van der Waals surface area contributed by atoms with E-state index < -0.39 is 28.1 Å². The Bertz CT molecular complexity index is 351. The fourth-order valence-electron chi connectivity index (χ4n) is 1.38. The number of hydrogen-bond acceptors (Lipinski definition) is 3. The third-order valence-corrected chi connectivity index (χ3v) is 4.88. The van der Waals surface area contributed by atoms with Crippen LogP contribution in [0.5, 0.6) is 0 Å². The summed E-state index contributed by atoms with van der Waals surface area (Å²) in [7, 11) is -3.43. The summed E-state index contributed by atoms with van der Waals surface area (Å²) in [5.41, 5.74) is -0.681. The zero-order valence-corrected chi connectivity index (χ0v) is 10.0. The molecule has 15 heavy (non-hydrogen) atoms. The Hall–Kier alpha value is -0.620. The molecule has 1 saturated carbocycles. The van der Waals surface area contributed by atoms with E-state index in [0.717, 1.165) is 4.31 Å². The van der Waals surface area contributed by atoms with Crippen LogP contribution in [-0.2, 0) is 14.8 Å². The number of carbonyl (C=O) groups is 1. The predicted octanol–water partition coefficient (Wildman–Crippen LogP) is 0.664. The van der Waals surface area contributed by atoms with E-state index >= 15 is 0 Å². The third kappa shape index (κ3) is 2.92. The van der Waals surface area contributed by atoms with Gasteiger partial charge in [0.05, 0.1) is 5.25 Å². The molecule has 0 heterocycles. The van der Waals surface area contributed by atoms with Gasteiger partial charge < -0.3 is 5.11 Å². The van der Waals surface area contributed by atoms with Crippen molar-refractivity contribution in [3.63, 3.8) is 0 Å². The first-order valence-electron chi connectivity index (χ1n) is 4.89. The van der Waals surface area contributed by atoms with Gasteiger partial charge in [-0.2, -0.15) is 4.31 Å². The lowest BCUT2D eigenvalue weighted by Crippen LogP contribution is -2.49. The van der Waals surface area contributed by atoms with Gasteiger partial charge in [0.25, 0.3) is 0 Å². The lowest BCUT2D eigenvalue weighted by atomic mass is 10.1. The van der Waals surface area contributed by atoms with Crippen LogP contribution in [0.1, 0.15) is 33.6 Å². The Labute approximate surface area is 90.1 Å². The number of nitrogens with zero attached hydrogens (tertiary/aromatic N) is 1. The Balaban J connectivity index is 2.95. The summed E-state index contributed by atoms with van der Waals surface area (Å²) >= 11 is 0. The van der Waals surface area contributed by atoms with Gasteiger partial charge in [0.15, 0.2) is 0 Å². The minimum atomic E-state index is -3.43. The van der Waals surface area contributed by atoms with Crippen LogP contribution < -0.4 is 0 Å². The normalized spacial score (nSPS) is 18.1. The maximum Gasteiger partial charge on any atom is 0.318 e. The second-order valence-electron chi connectivity index (χ2n) is 4.82. The molecule has 0 aliphatic heterocycles. The second kappa shape index (κ2) is 3.75. The van der Waals surface area contributed by atoms with Gasteiger partial charge in [-0.15, -0.1) is 0 Å². The molecule has 0 aromatic heterocycles. The predicted molar refractivity (Wildman–Crippen MR) is 56.0 cm³/mol. The van der Waals surface area contributed by atoms with Crippen LogP contribution in [0, 0.1) is 0 Å². The van der Waals surface area contributed by atoms with Crippen molar-refractivity contribution in [1.29, 1.82) is 0 Å². The van der Waals surface area contributed by atoms with Crippen molar-refractivity contribution in [2.24, 2.45) is 0 Å². The zero-order valence-electron chi connectivity index (χ0n) is 9.23. The highest BCUT2D eigenvalue weighted by Crippen LogP contribution is 2.34. The molecule has 0 bridgehead atoms. The van der Waals surface area contributed by atoms with Crippen LogP contribution in [0.4, 0.5) is 0 Å². The highest BCUT2D eigenvalue weighted by Gasteiger charge is 2.44. The molecule has 1 N–H and O–H groups in total. The fraction of sp³-hybridized carbons (Fsp3) is 0.889. The van der Waals surface area contributed by atoms with Crippen molar-refractivity contribution >= 4 is 16.0 Å². The SMILES string of the molecule is CC(C)(C)N(CC(=O)O)S(=O)(=O)C1CC1.